The molecule has 1 aliphatic heterocycles. The number of hydrogen-bond donors (Lipinski definition) is 0. The van der Waals surface area contributed by atoms with Gasteiger partial charge in [0.15, 0.2) is 0 Å². The molecule has 0 nitrogen and oxygen atoms in total. The van der Waals surface area contributed by atoms with E-state index in [9.17, 15) is 0 Å². The molecular weight excluding hydrogens is 951 g/mol. The van der Waals surface area contributed by atoms with E-state index in [0.717, 1.165) is 86.9 Å². The first-order valence-electron chi connectivity index (χ1n) is 10.3. The van der Waals surface area contributed by atoms with Crippen molar-refractivity contribution in [3.8, 4) is 0 Å². The monoisotopic (exact) mass is 984 g/mol. The Morgan fingerprint density at radius 3 is 0.464 bits per heavy atom. The van der Waals surface area contributed by atoms with Crippen molar-refractivity contribution in [3.05, 3.63) is 0 Å². The Hall–Kier alpha value is 5.51. The van der Waals surface area contributed by atoms with Gasteiger partial charge in [0, 0.05) is 0 Å². The van der Waals surface area contributed by atoms with E-state index in [-0.39, 0.29) is 0 Å². The van der Waals surface area contributed by atoms with Crippen molar-refractivity contribution in [2.24, 2.45) is 0 Å². The fraction of sp³-hybridized carbons (Fsp3) is 1.00. The molecule has 168 valence electrons. The minimum absolute atomic E-state index is 0.999. The molecule has 0 aromatic carbocycles. The molecule has 12 heteroatoms. The summed E-state index contributed by atoms with van der Waals surface area (Å²) in [4.78, 5) is 0. The molecule has 0 aliphatic carbocycles. The molecule has 0 amide bonds. The van der Waals surface area contributed by atoms with Gasteiger partial charge in [-0.15, -0.1) is 0 Å². The molecule has 0 spiro atoms. The van der Waals surface area contributed by atoms with Gasteiger partial charge >= 0.3 is 223 Å². The van der Waals surface area contributed by atoms with Crippen LogP contribution in [-0.2, 0) is 0 Å². The topological polar surface area (TPSA) is 0 Å². The molecule has 0 unspecified atom stereocenters. The van der Waals surface area contributed by atoms with E-state index in [1.54, 1.807) is 0 Å². The molecule has 0 bridgehead atoms. The van der Waals surface area contributed by atoms with Gasteiger partial charge < -0.3 is 0 Å². The van der Waals surface area contributed by atoms with Crippen LogP contribution in [0.1, 0.15) is 51.4 Å². The fourth-order valence-corrected chi connectivity index (χ4v) is 38.3. The van der Waals surface area contributed by atoms with Crippen LogP contribution in [0.4, 0.5) is 0 Å². The Kier molecular flexibility index (Phi) is 17.6. The maximum absolute atomic E-state index is 6.72. The van der Waals surface area contributed by atoms with E-state index in [1.807, 2.05) is 0 Å². The van der Waals surface area contributed by atoms with Gasteiger partial charge in [-0.3, -0.25) is 0 Å². The minimum atomic E-state index is -2.93. The molecule has 1 fully saturated rings. The number of halogens is 8. The molecule has 0 atom stereocenters. The molecule has 0 saturated carbocycles. The van der Waals surface area contributed by atoms with Gasteiger partial charge in [0.1, 0.15) is 0 Å². The Morgan fingerprint density at radius 2 is 0.357 bits per heavy atom. The zero-order valence-corrected chi connectivity index (χ0v) is 33.8. The Labute approximate surface area is 218 Å². The average molecular weight is 983 g/mol. The molecule has 0 aromatic rings. The summed E-state index contributed by atoms with van der Waals surface area (Å²) in [5, 5.41) is 0. The van der Waals surface area contributed by atoms with E-state index in [1.165, 1.54) is 0 Å². The van der Waals surface area contributed by atoms with E-state index < -0.39 is 64.5 Å². The van der Waals surface area contributed by atoms with Gasteiger partial charge in [0.25, 0.3) is 0 Å². The van der Waals surface area contributed by atoms with Crippen LogP contribution >= 0.6 is 71.4 Å². The first kappa shape index (κ1) is 31.5. The summed E-state index contributed by atoms with van der Waals surface area (Å²) in [5.41, 5.74) is 0. The molecule has 0 aromatic heterocycles. The first-order chi connectivity index (χ1) is 12.8. The molecule has 0 N–H and O–H groups in total. The van der Waals surface area contributed by atoms with Crippen LogP contribution in [0.3, 0.4) is 0 Å². The Balaban J connectivity index is 2.59. The summed E-state index contributed by atoms with van der Waals surface area (Å²) < 4.78 is 7.99. The van der Waals surface area contributed by atoms with Gasteiger partial charge in [-0.1, -0.05) is 0 Å². The summed E-state index contributed by atoms with van der Waals surface area (Å²) >= 11 is -11.7. The number of rotatable bonds is 0. The van der Waals surface area contributed by atoms with Crippen LogP contribution in [-0.4, -0.2) is 64.5 Å². The van der Waals surface area contributed by atoms with Crippen molar-refractivity contribution >= 4 is 136 Å². The van der Waals surface area contributed by atoms with Crippen molar-refractivity contribution < 1.29 is 0 Å². The summed E-state index contributed by atoms with van der Waals surface area (Å²) in [7, 11) is 53.7. The second kappa shape index (κ2) is 15.6. The van der Waals surface area contributed by atoms with E-state index in [0.29, 0.717) is 0 Å². The summed E-state index contributed by atoms with van der Waals surface area (Å²) in [6.07, 6.45) is 8.54. The molecule has 1 heterocycles. The third-order valence-electron chi connectivity index (χ3n) is 5.34. The predicted molar refractivity (Wildman–Crippen MR) is 145 cm³/mol. The summed E-state index contributed by atoms with van der Waals surface area (Å²) in [6, 6.07) is 0. The predicted octanol–water partition coefficient (Wildman–Crippen LogP) is 10.8. The molecule has 1 saturated heterocycles. The van der Waals surface area contributed by atoms with Gasteiger partial charge in [-0.25, -0.2) is 0 Å². The molecule has 1 rings (SSSR count). The normalized spacial score (nSPS) is 28.3. The third-order valence-corrected chi connectivity index (χ3v) is 50.4. The van der Waals surface area contributed by atoms with Crippen molar-refractivity contribution in [3.63, 3.8) is 0 Å². The second-order valence-corrected chi connectivity index (χ2v) is 83.2. The maximum atomic E-state index is 6.72. The van der Waals surface area contributed by atoms with Crippen LogP contribution in [0.15, 0.2) is 0 Å². The third kappa shape index (κ3) is 17.0. The molecular formula is C16H32Cl8Sn4. The SMILES string of the molecule is [Cl][Sn]1([Cl])[CH2]CC[CH2][Sn]([Cl])([Cl])[CH2]CC[CH2][Sn]([Cl])([Cl])[CH2]CC[CH2][Sn]([Cl])([Cl])[CH2]CC[CH2]1. The van der Waals surface area contributed by atoms with Crippen LogP contribution in [0.2, 0.25) is 35.5 Å². The molecule has 1 aliphatic rings. The van der Waals surface area contributed by atoms with Crippen LogP contribution in [0.5, 0.6) is 0 Å². The van der Waals surface area contributed by atoms with Crippen molar-refractivity contribution in [2.45, 2.75) is 86.9 Å². The first-order valence-corrected chi connectivity index (χ1v) is 55.4. The quantitative estimate of drug-likeness (QED) is 0.212. The summed E-state index contributed by atoms with van der Waals surface area (Å²) in [6.45, 7) is 0. The number of hydrogen-bond acceptors (Lipinski definition) is 0. The second-order valence-electron chi connectivity index (χ2n) is 8.25. The van der Waals surface area contributed by atoms with Crippen molar-refractivity contribution in [2.75, 3.05) is 0 Å². The van der Waals surface area contributed by atoms with Gasteiger partial charge in [0.2, 0.25) is 0 Å². The van der Waals surface area contributed by atoms with E-state index in [2.05, 4.69) is 0 Å². The van der Waals surface area contributed by atoms with Gasteiger partial charge in [-0.05, 0) is 0 Å². The van der Waals surface area contributed by atoms with Crippen LogP contribution in [0, 0.1) is 0 Å². The summed E-state index contributed by atoms with van der Waals surface area (Å²) in [5.74, 6) is 0. The molecule has 0 radical (unpaired) electrons. The Bertz CT molecular complexity index is 336. The zero-order chi connectivity index (χ0) is 21.3. The van der Waals surface area contributed by atoms with Gasteiger partial charge in [0.05, 0.1) is 0 Å². The van der Waals surface area contributed by atoms with Crippen molar-refractivity contribution in [1.29, 1.82) is 0 Å². The van der Waals surface area contributed by atoms with E-state index >= 15 is 0 Å². The average Bonchev–Trinajstić information content (AvgIpc) is 2.56. The van der Waals surface area contributed by atoms with Crippen LogP contribution < -0.4 is 0 Å². The van der Waals surface area contributed by atoms with Gasteiger partial charge in [-0.2, -0.15) is 0 Å². The fourth-order valence-electron chi connectivity index (χ4n) is 3.57. The zero-order valence-electron chi connectivity index (χ0n) is 16.3. The van der Waals surface area contributed by atoms with Crippen LogP contribution in [0.25, 0.3) is 0 Å². The molecule has 28 heavy (non-hydrogen) atoms. The van der Waals surface area contributed by atoms with E-state index in [4.69, 9.17) is 71.4 Å². The standard InChI is InChI=1S/4C4H8.8ClH.4Sn/c4*1-3-4-2;;;;;;;;;;;;/h4*1-4H2;8*1H;;;;/q;;;;;;;;;;;;4*+2/p-8. The Morgan fingerprint density at radius 1 is 0.250 bits per heavy atom. The van der Waals surface area contributed by atoms with Crippen molar-refractivity contribution in [1.82, 2.24) is 0 Å².